The Labute approximate surface area is 127 Å². The maximum Gasteiger partial charge on any atom is 0.162 e. The van der Waals surface area contributed by atoms with Crippen LogP contribution in [0.3, 0.4) is 0 Å². The van der Waals surface area contributed by atoms with E-state index in [-0.39, 0.29) is 0 Å². The van der Waals surface area contributed by atoms with Gasteiger partial charge in [-0.1, -0.05) is 45.0 Å². The van der Waals surface area contributed by atoms with E-state index in [4.69, 9.17) is 9.97 Å². The van der Waals surface area contributed by atoms with Crippen LogP contribution < -0.4 is 5.32 Å². The van der Waals surface area contributed by atoms with Gasteiger partial charge in [0, 0.05) is 23.4 Å². The average Bonchev–Trinajstić information content (AvgIpc) is 2.44. The van der Waals surface area contributed by atoms with Gasteiger partial charge in [-0.25, -0.2) is 9.97 Å². The van der Waals surface area contributed by atoms with Crippen molar-refractivity contribution in [3.05, 3.63) is 41.1 Å². The maximum atomic E-state index is 4.80. The summed E-state index contributed by atoms with van der Waals surface area (Å²) in [4.78, 5) is 9.54. The smallest absolute Gasteiger partial charge is 0.162 e. The number of anilines is 1. The van der Waals surface area contributed by atoms with Crippen molar-refractivity contribution in [3.63, 3.8) is 0 Å². The van der Waals surface area contributed by atoms with Crippen LogP contribution in [0.5, 0.6) is 0 Å². The molecule has 0 aliphatic heterocycles. The van der Waals surface area contributed by atoms with Crippen LogP contribution in [0, 0.1) is 13.8 Å². The van der Waals surface area contributed by atoms with E-state index in [1.165, 1.54) is 11.1 Å². The van der Waals surface area contributed by atoms with Crippen LogP contribution in [0.15, 0.2) is 24.3 Å². The van der Waals surface area contributed by atoms with Gasteiger partial charge in [0.1, 0.15) is 5.82 Å². The van der Waals surface area contributed by atoms with Crippen molar-refractivity contribution in [2.45, 2.75) is 47.0 Å². The molecule has 2 aromatic rings. The molecular formula is C18H25N3. The van der Waals surface area contributed by atoms with E-state index in [1.54, 1.807) is 0 Å². The Hall–Kier alpha value is -1.90. The molecule has 0 bridgehead atoms. The Morgan fingerprint density at radius 3 is 2.43 bits per heavy atom. The van der Waals surface area contributed by atoms with E-state index in [0.717, 1.165) is 35.9 Å². The van der Waals surface area contributed by atoms with Crippen LogP contribution in [-0.2, 0) is 0 Å². The van der Waals surface area contributed by atoms with Crippen molar-refractivity contribution >= 4 is 5.82 Å². The van der Waals surface area contributed by atoms with Gasteiger partial charge in [0.25, 0.3) is 0 Å². The minimum atomic E-state index is 0.412. The third kappa shape index (κ3) is 3.41. The summed E-state index contributed by atoms with van der Waals surface area (Å²) in [5, 5.41) is 3.46. The van der Waals surface area contributed by atoms with Gasteiger partial charge < -0.3 is 5.32 Å². The molecule has 0 fully saturated rings. The number of hydrogen-bond donors (Lipinski definition) is 1. The second kappa shape index (κ2) is 6.70. The molecule has 0 aliphatic rings. The molecule has 0 radical (unpaired) electrons. The van der Waals surface area contributed by atoms with Gasteiger partial charge in [-0.3, -0.25) is 0 Å². The minimum absolute atomic E-state index is 0.412. The number of benzene rings is 1. The summed E-state index contributed by atoms with van der Waals surface area (Å²) < 4.78 is 0. The highest BCUT2D eigenvalue weighted by atomic mass is 15.0. The van der Waals surface area contributed by atoms with E-state index >= 15 is 0 Å². The molecule has 1 heterocycles. The van der Waals surface area contributed by atoms with Gasteiger partial charge in [0.05, 0.1) is 0 Å². The molecule has 1 N–H and O–H groups in total. The van der Waals surface area contributed by atoms with E-state index in [9.17, 15) is 0 Å². The van der Waals surface area contributed by atoms with Crippen molar-refractivity contribution in [1.29, 1.82) is 0 Å². The maximum absolute atomic E-state index is 4.80. The van der Waals surface area contributed by atoms with Gasteiger partial charge in [0.15, 0.2) is 5.82 Å². The first-order valence-electron chi connectivity index (χ1n) is 7.73. The first kappa shape index (κ1) is 15.5. The first-order valence-corrected chi connectivity index (χ1v) is 7.73. The molecule has 1 aromatic carbocycles. The number of aromatic nitrogens is 2. The van der Waals surface area contributed by atoms with E-state index in [0.29, 0.717) is 5.92 Å². The molecule has 0 amide bonds. The molecule has 0 unspecified atom stereocenters. The Morgan fingerprint density at radius 2 is 1.81 bits per heavy atom. The van der Waals surface area contributed by atoms with Gasteiger partial charge >= 0.3 is 0 Å². The van der Waals surface area contributed by atoms with Crippen molar-refractivity contribution in [1.82, 2.24) is 9.97 Å². The van der Waals surface area contributed by atoms with Crippen LogP contribution in [0.4, 0.5) is 5.82 Å². The molecule has 21 heavy (non-hydrogen) atoms. The Kier molecular flexibility index (Phi) is 4.94. The standard InChI is InChI=1S/C18H25N3/c1-6-11-19-18-16(12(2)3)14(5)20-17(21-18)15-10-8-7-9-13(15)4/h7-10,12H,6,11H2,1-5H3,(H,19,20,21). The number of aryl methyl sites for hydroxylation is 2. The summed E-state index contributed by atoms with van der Waals surface area (Å²) in [5.74, 6) is 2.21. The highest BCUT2D eigenvalue weighted by Gasteiger charge is 2.16. The molecule has 0 saturated carbocycles. The van der Waals surface area contributed by atoms with Gasteiger partial charge in [-0.15, -0.1) is 0 Å². The zero-order valence-electron chi connectivity index (χ0n) is 13.7. The fourth-order valence-electron chi connectivity index (χ4n) is 2.60. The Bertz CT molecular complexity index is 618. The van der Waals surface area contributed by atoms with Crippen molar-refractivity contribution in [2.75, 3.05) is 11.9 Å². The summed E-state index contributed by atoms with van der Waals surface area (Å²) >= 11 is 0. The second-order valence-electron chi connectivity index (χ2n) is 5.79. The lowest BCUT2D eigenvalue weighted by molar-refractivity contribution is 0.826. The summed E-state index contributed by atoms with van der Waals surface area (Å²) in [6.07, 6.45) is 1.08. The fourth-order valence-corrected chi connectivity index (χ4v) is 2.60. The van der Waals surface area contributed by atoms with E-state index in [1.807, 2.05) is 12.1 Å². The van der Waals surface area contributed by atoms with E-state index in [2.05, 4.69) is 52.1 Å². The van der Waals surface area contributed by atoms with Crippen LogP contribution in [0.25, 0.3) is 11.4 Å². The quantitative estimate of drug-likeness (QED) is 0.863. The molecule has 0 spiro atoms. The average molecular weight is 283 g/mol. The molecule has 112 valence electrons. The van der Waals surface area contributed by atoms with Crippen molar-refractivity contribution in [3.8, 4) is 11.4 Å². The minimum Gasteiger partial charge on any atom is -0.370 e. The van der Waals surface area contributed by atoms with Gasteiger partial charge in [0.2, 0.25) is 0 Å². The first-order chi connectivity index (χ1) is 10.0. The lowest BCUT2D eigenvalue weighted by Crippen LogP contribution is -2.10. The molecule has 0 atom stereocenters. The Morgan fingerprint density at radius 1 is 1.10 bits per heavy atom. The van der Waals surface area contributed by atoms with Gasteiger partial charge in [-0.2, -0.15) is 0 Å². The normalized spacial score (nSPS) is 11.0. The third-order valence-electron chi connectivity index (χ3n) is 3.64. The van der Waals surface area contributed by atoms with Crippen LogP contribution in [-0.4, -0.2) is 16.5 Å². The predicted octanol–water partition coefficient (Wildman–Crippen LogP) is 4.71. The lowest BCUT2D eigenvalue weighted by Gasteiger charge is -2.17. The molecule has 0 aliphatic carbocycles. The van der Waals surface area contributed by atoms with Gasteiger partial charge in [-0.05, 0) is 31.7 Å². The van der Waals surface area contributed by atoms with Crippen LogP contribution in [0.1, 0.15) is 49.9 Å². The third-order valence-corrected chi connectivity index (χ3v) is 3.64. The SMILES string of the molecule is CCCNc1nc(-c2ccccc2C)nc(C)c1C(C)C. The highest BCUT2D eigenvalue weighted by molar-refractivity contribution is 5.63. The molecule has 0 saturated heterocycles. The number of hydrogen-bond acceptors (Lipinski definition) is 3. The largest absolute Gasteiger partial charge is 0.370 e. The number of nitrogens with zero attached hydrogens (tertiary/aromatic N) is 2. The topological polar surface area (TPSA) is 37.8 Å². The van der Waals surface area contributed by atoms with Crippen LogP contribution in [0.2, 0.25) is 0 Å². The molecular weight excluding hydrogens is 258 g/mol. The Balaban J connectivity index is 2.54. The predicted molar refractivity (Wildman–Crippen MR) is 89.8 cm³/mol. The zero-order chi connectivity index (χ0) is 15.4. The van der Waals surface area contributed by atoms with E-state index < -0.39 is 0 Å². The second-order valence-corrected chi connectivity index (χ2v) is 5.79. The summed E-state index contributed by atoms with van der Waals surface area (Å²) in [6, 6.07) is 8.27. The summed E-state index contributed by atoms with van der Waals surface area (Å²) in [7, 11) is 0. The molecule has 3 heteroatoms. The number of rotatable bonds is 5. The zero-order valence-corrected chi connectivity index (χ0v) is 13.7. The fraction of sp³-hybridized carbons (Fsp3) is 0.444. The molecule has 2 rings (SSSR count). The highest BCUT2D eigenvalue weighted by Crippen LogP contribution is 2.29. The van der Waals surface area contributed by atoms with Crippen molar-refractivity contribution < 1.29 is 0 Å². The van der Waals surface area contributed by atoms with Crippen molar-refractivity contribution in [2.24, 2.45) is 0 Å². The number of nitrogens with one attached hydrogen (secondary N) is 1. The molecule has 1 aromatic heterocycles. The molecule has 3 nitrogen and oxygen atoms in total. The lowest BCUT2D eigenvalue weighted by atomic mass is 10.0. The summed E-state index contributed by atoms with van der Waals surface area (Å²) in [6.45, 7) is 11.7. The van der Waals surface area contributed by atoms with Crippen LogP contribution >= 0.6 is 0 Å². The monoisotopic (exact) mass is 283 g/mol. The summed E-state index contributed by atoms with van der Waals surface area (Å²) in [5.41, 5.74) is 4.60.